The first-order chi connectivity index (χ1) is 10.7. The van der Waals surface area contributed by atoms with Crippen molar-refractivity contribution in [3.8, 4) is 0 Å². The first kappa shape index (κ1) is 14.3. The summed E-state index contributed by atoms with van der Waals surface area (Å²) >= 11 is 0. The van der Waals surface area contributed by atoms with Crippen LogP contribution in [0.15, 0.2) is 42.7 Å². The summed E-state index contributed by atoms with van der Waals surface area (Å²) in [5, 5.41) is 9.60. The molecule has 0 radical (unpaired) electrons. The predicted molar refractivity (Wildman–Crippen MR) is 81.3 cm³/mol. The topological polar surface area (TPSA) is 76.0 Å². The number of hydrogen-bond acceptors (Lipinski definition) is 3. The molecule has 0 spiro atoms. The number of carbonyl (C=O) groups is 2. The van der Waals surface area contributed by atoms with Crippen LogP contribution in [0.4, 0.5) is 0 Å². The van der Waals surface area contributed by atoms with Gasteiger partial charge in [0.1, 0.15) is 0 Å². The number of hydrogen-bond donors (Lipinski definition) is 2. The third-order valence-electron chi connectivity index (χ3n) is 3.43. The average molecular weight is 298 g/mol. The molecule has 1 aliphatic rings. The Morgan fingerprint density at radius 2 is 2.00 bits per heavy atom. The maximum atomic E-state index is 12.0. The lowest BCUT2D eigenvalue weighted by atomic mass is 10.2. The first-order valence-electron chi connectivity index (χ1n) is 7.34. The van der Waals surface area contributed by atoms with Crippen LogP contribution in [0, 0.1) is 0 Å². The summed E-state index contributed by atoms with van der Waals surface area (Å²) in [5.41, 5.74) is 1.57. The summed E-state index contributed by atoms with van der Waals surface area (Å²) < 4.78 is 1.70. The van der Waals surface area contributed by atoms with Gasteiger partial charge in [0.2, 0.25) is 5.91 Å². The van der Waals surface area contributed by atoms with E-state index in [1.54, 1.807) is 10.9 Å². The Balaban J connectivity index is 1.51. The van der Waals surface area contributed by atoms with E-state index in [4.69, 9.17) is 0 Å². The van der Waals surface area contributed by atoms with Gasteiger partial charge in [0.15, 0.2) is 0 Å². The number of nitrogens with zero attached hydrogens (tertiary/aromatic N) is 2. The van der Waals surface area contributed by atoms with Gasteiger partial charge in [-0.15, -0.1) is 0 Å². The first-order valence-corrected chi connectivity index (χ1v) is 7.34. The zero-order valence-corrected chi connectivity index (χ0v) is 12.2. The third kappa shape index (κ3) is 3.94. The predicted octanol–water partition coefficient (Wildman–Crippen LogP) is 0.940. The van der Waals surface area contributed by atoms with Gasteiger partial charge in [-0.05, 0) is 18.4 Å². The second kappa shape index (κ2) is 6.43. The van der Waals surface area contributed by atoms with E-state index in [0.717, 1.165) is 18.4 Å². The highest BCUT2D eigenvalue weighted by molar-refractivity contribution is 5.96. The third-order valence-corrected chi connectivity index (χ3v) is 3.43. The molecule has 2 amide bonds. The average Bonchev–Trinajstić information content (AvgIpc) is 3.21. The van der Waals surface area contributed by atoms with Crippen LogP contribution >= 0.6 is 0 Å². The second-order valence-electron chi connectivity index (χ2n) is 5.44. The number of amides is 2. The molecule has 2 aromatic rings. The summed E-state index contributed by atoms with van der Waals surface area (Å²) in [5.74, 6) is -0.433. The highest BCUT2D eigenvalue weighted by atomic mass is 16.2. The fourth-order valence-electron chi connectivity index (χ4n) is 2.11. The van der Waals surface area contributed by atoms with E-state index >= 15 is 0 Å². The van der Waals surface area contributed by atoms with Gasteiger partial charge in [-0.2, -0.15) is 5.10 Å². The van der Waals surface area contributed by atoms with Crippen LogP contribution in [0.5, 0.6) is 0 Å². The monoisotopic (exact) mass is 298 g/mol. The van der Waals surface area contributed by atoms with Crippen LogP contribution in [0.2, 0.25) is 0 Å². The van der Waals surface area contributed by atoms with Crippen molar-refractivity contribution in [2.75, 3.05) is 6.54 Å². The maximum Gasteiger partial charge on any atom is 0.254 e. The summed E-state index contributed by atoms with van der Waals surface area (Å²) in [6.07, 6.45) is 5.26. The van der Waals surface area contributed by atoms with E-state index in [-0.39, 0.29) is 18.4 Å². The standard InChI is InChI=1S/C16H18N4O2/c21-15(19-14-6-7-14)9-17-16(22)13-8-18-20(11-13)10-12-4-2-1-3-5-12/h1-5,8,11,14H,6-7,9-10H2,(H,17,22)(H,19,21). The van der Waals surface area contributed by atoms with Crippen molar-refractivity contribution in [3.63, 3.8) is 0 Å². The lowest BCUT2D eigenvalue weighted by molar-refractivity contribution is -0.120. The molecule has 2 N–H and O–H groups in total. The number of benzene rings is 1. The van der Waals surface area contributed by atoms with Gasteiger partial charge < -0.3 is 10.6 Å². The minimum Gasteiger partial charge on any atom is -0.352 e. The molecule has 6 heteroatoms. The lowest BCUT2D eigenvalue weighted by Crippen LogP contribution is -2.37. The van der Waals surface area contributed by atoms with Crippen molar-refractivity contribution in [1.29, 1.82) is 0 Å². The molecule has 1 aromatic carbocycles. The van der Waals surface area contributed by atoms with E-state index in [2.05, 4.69) is 15.7 Å². The van der Waals surface area contributed by atoms with Crippen LogP contribution in [-0.4, -0.2) is 34.2 Å². The molecular formula is C16H18N4O2. The number of carbonyl (C=O) groups excluding carboxylic acids is 2. The van der Waals surface area contributed by atoms with Crippen LogP contribution in [-0.2, 0) is 11.3 Å². The highest BCUT2D eigenvalue weighted by Gasteiger charge is 2.23. The van der Waals surface area contributed by atoms with E-state index in [0.29, 0.717) is 18.2 Å². The van der Waals surface area contributed by atoms with Gasteiger partial charge in [0, 0.05) is 12.2 Å². The quantitative estimate of drug-likeness (QED) is 0.833. The fourth-order valence-corrected chi connectivity index (χ4v) is 2.11. The van der Waals surface area contributed by atoms with Gasteiger partial charge in [0.05, 0.1) is 24.8 Å². The highest BCUT2D eigenvalue weighted by Crippen LogP contribution is 2.18. The number of aromatic nitrogens is 2. The van der Waals surface area contributed by atoms with E-state index in [1.165, 1.54) is 6.20 Å². The Kier molecular flexibility index (Phi) is 4.18. The number of nitrogens with one attached hydrogen (secondary N) is 2. The van der Waals surface area contributed by atoms with Crippen molar-refractivity contribution in [3.05, 3.63) is 53.9 Å². The van der Waals surface area contributed by atoms with Gasteiger partial charge >= 0.3 is 0 Å². The van der Waals surface area contributed by atoms with Crippen molar-refractivity contribution >= 4 is 11.8 Å². The Morgan fingerprint density at radius 1 is 1.23 bits per heavy atom. The van der Waals surface area contributed by atoms with Gasteiger partial charge in [0.25, 0.3) is 5.91 Å². The molecule has 1 aromatic heterocycles. The summed E-state index contributed by atoms with van der Waals surface area (Å²) in [6.45, 7) is 0.607. The summed E-state index contributed by atoms with van der Waals surface area (Å²) in [4.78, 5) is 23.5. The molecule has 6 nitrogen and oxygen atoms in total. The smallest absolute Gasteiger partial charge is 0.254 e. The maximum absolute atomic E-state index is 12.0. The molecule has 114 valence electrons. The Morgan fingerprint density at radius 3 is 2.73 bits per heavy atom. The molecule has 0 bridgehead atoms. The molecule has 0 atom stereocenters. The van der Waals surface area contributed by atoms with E-state index in [9.17, 15) is 9.59 Å². The summed E-state index contributed by atoms with van der Waals surface area (Å²) in [6, 6.07) is 10.2. The summed E-state index contributed by atoms with van der Waals surface area (Å²) in [7, 11) is 0. The normalized spacial score (nSPS) is 13.6. The lowest BCUT2D eigenvalue weighted by Gasteiger charge is -2.04. The Hall–Kier alpha value is -2.63. The molecule has 0 saturated heterocycles. The largest absolute Gasteiger partial charge is 0.352 e. The molecule has 3 rings (SSSR count). The van der Waals surface area contributed by atoms with Gasteiger partial charge in [-0.3, -0.25) is 14.3 Å². The van der Waals surface area contributed by atoms with E-state index in [1.807, 2.05) is 30.3 Å². The molecule has 1 heterocycles. The Bertz CT molecular complexity index is 662. The SMILES string of the molecule is O=C(CNC(=O)c1cnn(Cc2ccccc2)c1)NC1CC1. The van der Waals surface area contributed by atoms with Crippen molar-refractivity contribution in [1.82, 2.24) is 20.4 Å². The zero-order valence-electron chi connectivity index (χ0n) is 12.2. The second-order valence-corrected chi connectivity index (χ2v) is 5.44. The van der Waals surface area contributed by atoms with Crippen LogP contribution < -0.4 is 10.6 Å². The zero-order chi connectivity index (χ0) is 15.4. The molecular weight excluding hydrogens is 280 g/mol. The molecule has 0 aliphatic heterocycles. The van der Waals surface area contributed by atoms with Crippen molar-refractivity contribution in [2.24, 2.45) is 0 Å². The van der Waals surface area contributed by atoms with Crippen molar-refractivity contribution in [2.45, 2.75) is 25.4 Å². The minimum absolute atomic E-state index is 0.000795. The van der Waals surface area contributed by atoms with Crippen LogP contribution in [0.1, 0.15) is 28.8 Å². The van der Waals surface area contributed by atoms with Crippen LogP contribution in [0.3, 0.4) is 0 Å². The van der Waals surface area contributed by atoms with Crippen LogP contribution in [0.25, 0.3) is 0 Å². The van der Waals surface area contributed by atoms with E-state index < -0.39 is 0 Å². The molecule has 1 fully saturated rings. The van der Waals surface area contributed by atoms with Crippen molar-refractivity contribution < 1.29 is 9.59 Å². The molecule has 22 heavy (non-hydrogen) atoms. The van der Waals surface area contributed by atoms with Gasteiger partial charge in [-0.1, -0.05) is 30.3 Å². The molecule has 0 unspecified atom stereocenters. The molecule has 1 aliphatic carbocycles. The Labute approximate surface area is 128 Å². The molecule has 1 saturated carbocycles. The minimum atomic E-state index is -0.287. The number of rotatable bonds is 6. The van der Waals surface area contributed by atoms with Gasteiger partial charge in [-0.25, -0.2) is 0 Å². The fraction of sp³-hybridized carbons (Fsp3) is 0.312.